The molecule has 1 N–H and O–H groups in total. The topological polar surface area (TPSA) is 88.3 Å². The Morgan fingerprint density at radius 3 is 2.46 bits per heavy atom. The highest BCUT2D eigenvalue weighted by Crippen LogP contribution is 2.29. The second-order valence-electron chi connectivity index (χ2n) is 9.19. The molecule has 0 spiro atoms. The van der Waals surface area contributed by atoms with Crippen LogP contribution < -0.4 is 5.32 Å². The molecular weight excluding hydrogens is 492 g/mol. The molecule has 0 radical (unpaired) electrons. The van der Waals surface area contributed by atoms with E-state index >= 15 is 0 Å². The van der Waals surface area contributed by atoms with Gasteiger partial charge in [0.05, 0.1) is 12.6 Å². The normalized spacial score (nSPS) is 18.4. The van der Waals surface area contributed by atoms with E-state index in [9.17, 15) is 27.2 Å². The van der Waals surface area contributed by atoms with Crippen molar-refractivity contribution in [3.8, 4) is 0 Å². The molecule has 1 aliphatic heterocycles. The van der Waals surface area contributed by atoms with Gasteiger partial charge >= 0.3 is 6.43 Å². The number of rotatable bonds is 8. The summed E-state index contributed by atoms with van der Waals surface area (Å²) in [5.74, 6) is -3.07. The second kappa shape index (κ2) is 11.1. The first-order valence-corrected chi connectivity index (χ1v) is 11.8. The number of benzene rings is 2. The molecule has 2 heterocycles. The van der Waals surface area contributed by atoms with Crippen LogP contribution in [0.2, 0.25) is 0 Å². The molecular formula is C26H26F4N4O3. The monoisotopic (exact) mass is 518 g/mol. The number of carbonyl (C=O) groups is 2. The van der Waals surface area contributed by atoms with Crippen LogP contribution in [0.25, 0.3) is 0 Å². The quantitative estimate of drug-likeness (QED) is 0.439. The lowest BCUT2D eigenvalue weighted by molar-refractivity contribution is -0.138. The Morgan fingerprint density at radius 2 is 1.84 bits per heavy atom. The van der Waals surface area contributed by atoms with Crippen LogP contribution in [0.5, 0.6) is 0 Å². The molecule has 3 atom stereocenters. The molecule has 0 bridgehead atoms. The predicted molar refractivity (Wildman–Crippen MR) is 125 cm³/mol. The summed E-state index contributed by atoms with van der Waals surface area (Å²) in [4.78, 5) is 27.2. The molecule has 11 heteroatoms. The minimum absolute atomic E-state index is 0.0333. The zero-order chi connectivity index (χ0) is 26.7. The van der Waals surface area contributed by atoms with Gasteiger partial charge in [-0.3, -0.25) is 9.59 Å². The SMILES string of the molecule is CC(C)c1ccc([C@@H](NC(=O)[C@@H]2C[C@@H](F)CN2C(=O)Cc2nnc(C(F)F)o2)c2ccccc2)cc1F. The van der Waals surface area contributed by atoms with Gasteiger partial charge in [-0.1, -0.05) is 56.3 Å². The molecule has 0 unspecified atom stereocenters. The van der Waals surface area contributed by atoms with Crippen LogP contribution in [0.3, 0.4) is 0 Å². The zero-order valence-corrected chi connectivity index (χ0v) is 20.2. The molecule has 1 saturated heterocycles. The maximum absolute atomic E-state index is 14.8. The van der Waals surface area contributed by atoms with Gasteiger partial charge in [0.2, 0.25) is 17.7 Å². The van der Waals surface area contributed by atoms with E-state index in [0.29, 0.717) is 16.7 Å². The van der Waals surface area contributed by atoms with Crippen molar-refractivity contribution in [3.63, 3.8) is 0 Å². The van der Waals surface area contributed by atoms with Gasteiger partial charge in [-0.05, 0) is 28.7 Å². The average Bonchev–Trinajstić information content (AvgIpc) is 3.49. The maximum atomic E-state index is 14.8. The van der Waals surface area contributed by atoms with Crippen molar-refractivity contribution in [1.82, 2.24) is 20.4 Å². The maximum Gasteiger partial charge on any atom is 0.314 e. The van der Waals surface area contributed by atoms with Gasteiger partial charge in [0, 0.05) is 6.42 Å². The summed E-state index contributed by atoms with van der Waals surface area (Å²) >= 11 is 0. The summed E-state index contributed by atoms with van der Waals surface area (Å²) < 4.78 is 59.4. The average molecular weight is 519 g/mol. The Labute approximate surface area is 210 Å². The highest BCUT2D eigenvalue weighted by Gasteiger charge is 2.41. The van der Waals surface area contributed by atoms with E-state index in [1.165, 1.54) is 6.07 Å². The lowest BCUT2D eigenvalue weighted by Crippen LogP contribution is -2.47. The van der Waals surface area contributed by atoms with Crippen LogP contribution in [-0.2, 0) is 16.0 Å². The standard InChI is InChI=1S/C26H26F4N4O3/c1-14(2)18-9-8-16(10-19(18)28)23(15-6-4-3-5-7-15)31-25(36)20-11-17(27)13-34(20)22(35)12-21-32-33-26(37-21)24(29)30/h3-10,14,17,20,23-24H,11-13H2,1-2H3,(H,31,36)/t17-,20+,23+/m1/s1. The van der Waals surface area contributed by atoms with Crippen LogP contribution in [0.1, 0.15) is 67.1 Å². The highest BCUT2D eigenvalue weighted by molar-refractivity contribution is 5.89. The van der Waals surface area contributed by atoms with E-state index in [1.54, 1.807) is 42.5 Å². The summed E-state index contributed by atoms with van der Waals surface area (Å²) in [6.07, 6.45) is -5.25. The number of nitrogens with zero attached hydrogens (tertiary/aromatic N) is 3. The lowest BCUT2D eigenvalue weighted by atomic mass is 9.94. The van der Waals surface area contributed by atoms with E-state index in [4.69, 9.17) is 4.42 Å². The van der Waals surface area contributed by atoms with Crippen molar-refractivity contribution in [2.24, 2.45) is 0 Å². The summed E-state index contributed by atoms with van der Waals surface area (Å²) in [5, 5.41) is 9.43. The fraction of sp³-hybridized carbons (Fsp3) is 0.385. The molecule has 3 aromatic rings. The van der Waals surface area contributed by atoms with Crippen molar-refractivity contribution in [1.29, 1.82) is 0 Å². The first-order valence-electron chi connectivity index (χ1n) is 11.8. The lowest BCUT2D eigenvalue weighted by Gasteiger charge is -2.27. The largest absolute Gasteiger partial charge is 0.419 e. The fourth-order valence-electron chi connectivity index (χ4n) is 4.40. The van der Waals surface area contributed by atoms with Gasteiger partial charge in [0.15, 0.2) is 0 Å². The first kappa shape index (κ1) is 26.3. The number of hydrogen-bond donors (Lipinski definition) is 1. The minimum atomic E-state index is -2.99. The highest BCUT2D eigenvalue weighted by atomic mass is 19.3. The Kier molecular flexibility index (Phi) is 7.89. The molecule has 2 amide bonds. The fourth-order valence-corrected chi connectivity index (χ4v) is 4.40. The number of amides is 2. The van der Waals surface area contributed by atoms with Crippen molar-refractivity contribution in [2.45, 2.75) is 57.3 Å². The molecule has 0 aliphatic carbocycles. The smallest absolute Gasteiger partial charge is 0.314 e. The van der Waals surface area contributed by atoms with Crippen LogP contribution in [0.15, 0.2) is 52.9 Å². The molecule has 196 valence electrons. The van der Waals surface area contributed by atoms with Gasteiger partial charge in [-0.2, -0.15) is 8.78 Å². The summed E-state index contributed by atoms with van der Waals surface area (Å²) in [5.41, 5.74) is 1.69. The predicted octanol–water partition coefficient (Wildman–Crippen LogP) is 4.66. The van der Waals surface area contributed by atoms with Crippen molar-refractivity contribution < 1.29 is 31.6 Å². The first-order chi connectivity index (χ1) is 17.6. The molecule has 7 nitrogen and oxygen atoms in total. The Balaban J connectivity index is 1.56. The molecule has 1 aliphatic rings. The summed E-state index contributed by atoms with van der Waals surface area (Å²) in [6.45, 7) is 3.40. The van der Waals surface area contributed by atoms with Gasteiger partial charge in [0.1, 0.15) is 24.5 Å². The van der Waals surface area contributed by atoms with E-state index in [-0.39, 0.29) is 24.8 Å². The number of nitrogens with one attached hydrogen (secondary N) is 1. The molecule has 2 aromatic carbocycles. The Morgan fingerprint density at radius 1 is 1.11 bits per heavy atom. The van der Waals surface area contributed by atoms with Crippen molar-refractivity contribution in [3.05, 3.63) is 82.8 Å². The Hall–Kier alpha value is -3.76. The van der Waals surface area contributed by atoms with E-state index in [2.05, 4.69) is 15.5 Å². The van der Waals surface area contributed by atoms with Crippen LogP contribution in [0, 0.1) is 5.82 Å². The molecule has 1 fully saturated rings. The third-order valence-electron chi connectivity index (χ3n) is 6.24. The van der Waals surface area contributed by atoms with Crippen molar-refractivity contribution in [2.75, 3.05) is 6.54 Å². The van der Waals surface area contributed by atoms with Gasteiger partial charge in [0.25, 0.3) is 5.89 Å². The van der Waals surface area contributed by atoms with Crippen molar-refractivity contribution >= 4 is 11.8 Å². The van der Waals surface area contributed by atoms with Gasteiger partial charge < -0.3 is 14.6 Å². The third-order valence-corrected chi connectivity index (χ3v) is 6.24. The summed E-state index contributed by atoms with van der Waals surface area (Å²) in [6, 6.07) is 11.7. The number of carbonyl (C=O) groups excluding carboxylic acids is 2. The number of alkyl halides is 3. The zero-order valence-electron chi connectivity index (χ0n) is 20.2. The summed E-state index contributed by atoms with van der Waals surface area (Å²) in [7, 11) is 0. The van der Waals surface area contributed by atoms with E-state index < -0.39 is 54.6 Å². The third kappa shape index (κ3) is 5.98. The minimum Gasteiger partial charge on any atom is -0.419 e. The van der Waals surface area contributed by atoms with E-state index in [1.807, 2.05) is 13.8 Å². The van der Waals surface area contributed by atoms with Gasteiger partial charge in [-0.15, -0.1) is 10.2 Å². The van der Waals surface area contributed by atoms with Crippen LogP contribution >= 0.6 is 0 Å². The van der Waals surface area contributed by atoms with Gasteiger partial charge in [-0.25, -0.2) is 8.78 Å². The Bertz CT molecular complexity index is 1250. The van der Waals surface area contributed by atoms with Crippen LogP contribution in [-0.4, -0.2) is 45.7 Å². The number of hydrogen-bond acceptors (Lipinski definition) is 5. The molecule has 0 saturated carbocycles. The van der Waals surface area contributed by atoms with Crippen LogP contribution in [0.4, 0.5) is 17.6 Å². The second-order valence-corrected chi connectivity index (χ2v) is 9.19. The molecule has 1 aromatic heterocycles. The number of halogens is 4. The molecule has 4 rings (SSSR count). The van der Waals surface area contributed by atoms with E-state index in [0.717, 1.165) is 4.90 Å². The number of likely N-dealkylation sites (tertiary alicyclic amines) is 1. The molecule has 37 heavy (non-hydrogen) atoms. The number of aromatic nitrogens is 2.